The van der Waals surface area contributed by atoms with Gasteiger partial charge in [-0.15, -0.1) is 11.8 Å². The topological polar surface area (TPSA) is 96.5 Å². The minimum absolute atomic E-state index is 0.0596. The molecule has 0 saturated heterocycles. The zero-order valence-electron chi connectivity index (χ0n) is 26.4. The van der Waals surface area contributed by atoms with Crippen molar-refractivity contribution in [3.63, 3.8) is 0 Å². The summed E-state index contributed by atoms with van der Waals surface area (Å²) in [5.74, 6) is -0.444. The Hall–Kier alpha value is -5.31. The van der Waals surface area contributed by atoms with Gasteiger partial charge in [-0.3, -0.25) is 14.4 Å². The van der Waals surface area contributed by atoms with E-state index in [0.717, 1.165) is 16.0 Å². The van der Waals surface area contributed by atoms with E-state index in [4.69, 9.17) is 16.3 Å². The number of rotatable bonds is 12. The normalized spacial score (nSPS) is 11.7. The third kappa shape index (κ3) is 9.37. The average Bonchev–Trinajstić information content (AvgIpc) is 3.10. The molecule has 3 amide bonds. The minimum Gasteiger partial charge on any atom is -0.494 e. The fourth-order valence-corrected chi connectivity index (χ4v) is 5.96. The molecule has 7 nitrogen and oxygen atoms in total. The van der Waals surface area contributed by atoms with Gasteiger partial charge in [0.05, 0.1) is 6.61 Å². The van der Waals surface area contributed by atoms with Gasteiger partial charge < -0.3 is 20.7 Å². The summed E-state index contributed by atoms with van der Waals surface area (Å²) in [6.07, 6.45) is 1.61. The van der Waals surface area contributed by atoms with Crippen molar-refractivity contribution >= 4 is 58.5 Å². The summed E-state index contributed by atoms with van der Waals surface area (Å²) in [4.78, 5) is 41.1. The Morgan fingerprint density at radius 2 is 1.48 bits per heavy atom. The molecule has 5 aromatic rings. The van der Waals surface area contributed by atoms with Crippen LogP contribution in [0.15, 0.2) is 138 Å². The maximum absolute atomic E-state index is 13.7. The van der Waals surface area contributed by atoms with Crippen molar-refractivity contribution in [2.45, 2.75) is 24.0 Å². The van der Waals surface area contributed by atoms with Gasteiger partial charge in [-0.05, 0) is 91.2 Å². The lowest BCUT2D eigenvalue weighted by Crippen LogP contribution is -2.30. The zero-order valence-corrected chi connectivity index (χ0v) is 28.0. The fraction of sp³-hybridized carbons (Fsp3) is 0.103. The smallest absolute Gasteiger partial charge is 0.272 e. The van der Waals surface area contributed by atoms with Gasteiger partial charge in [0.25, 0.3) is 11.8 Å². The van der Waals surface area contributed by atoms with Crippen molar-refractivity contribution in [1.29, 1.82) is 0 Å². The van der Waals surface area contributed by atoms with E-state index < -0.39 is 17.1 Å². The lowest BCUT2D eigenvalue weighted by molar-refractivity contribution is -0.116. The number of hydrogen-bond acceptors (Lipinski definition) is 5. The van der Waals surface area contributed by atoms with Gasteiger partial charge in [0.15, 0.2) is 0 Å². The highest BCUT2D eigenvalue weighted by molar-refractivity contribution is 8.00. The lowest BCUT2D eigenvalue weighted by Gasteiger charge is -2.18. The van der Waals surface area contributed by atoms with Crippen LogP contribution in [-0.4, -0.2) is 24.3 Å². The van der Waals surface area contributed by atoms with Crippen molar-refractivity contribution in [1.82, 2.24) is 5.32 Å². The summed E-state index contributed by atoms with van der Waals surface area (Å²) < 4.78 is 5.53. The number of thioether (sulfide) groups is 1. The van der Waals surface area contributed by atoms with Crippen molar-refractivity contribution in [2.24, 2.45) is 0 Å². The SMILES string of the molecule is CCOc1ccc(/C=C(/NC(=O)c2ccccc2)C(=O)Nc2cccc(SC(C(=O)Nc3ccc(C)c(Cl)c3)c3ccccc3)c2)cc1. The molecule has 3 N–H and O–H groups in total. The number of benzene rings is 5. The van der Waals surface area contributed by atoms with E-state index >= 15 is 0 Å². The second-order valence-corrected chi connectivity index (χ2v) is 12.3. The summed E-state index contributed by atoms with van der Waals surface area (Å²) in [7, 11) is 0. The van der Waals surface area contributed by atoms with Gasteiger partial charge in [-0.25, -0.2) is 0 Å². The van der Waals surface area contributed by atoms with Crippen molar-refractivity contribution in [2.75, 3.05) is 17.2 Å². The van der Waals surface area contributed by atoms with Crippen LogP contribution < -0.4 is 20.7 Å². The van der Waals surface area contributed by atoms with Gasteiger partial charge in [-0.1, -0.05) is 84.4 Å². The molecule has 5 aromatic carbocycles. The van der Waals surface area contributed by atoms with Crippen molar-refractivity contribution in [3.8, 4) is 5.75 Å². The highest BCUT2D eigenvalue weighted by atomic mass is 35.5. The molecule has 0 aliphatic rings. The van der Waals surface area contributed by atoms with Crippen molar-refractivity contribution < 1.29 is 19.1 Å². The molecule has 1 unspecified atom stereocenters. The summed E-state index contributed by atoms with van der Waals surface area (Å²) in [6.45, 7) is 4.34. The quantitative estimate of drug-likeness (QED) is 0.0907. The van der Waals surface area contributed by atoms with E-state index in [9.17, 15) is 14.4 Å². The molecular formula is C39H34ClN3O4S. The van der Waals surface area contributed by atoms with E-state index in [1.807, 2.05) is 80.6 Å². The van der Waals surface area contributed by atoms with Crippen molar-refractivity contribution in [3.05, 3.63) is 160 Å². The summed E-state index contributed by atoms with van der Waals surface area (Å²) in [6, 6.07) is 38.0. The van der Waals surface area contributed by atoms with E-state index in [-0.39, 0.29) is 11.6 Å². The molecule has 0 heterocycles. The molecule has 242 valence electrons. The summed E-state index contributed by atoms with van der Waals surface area (Å²) in [5.41, 5.74) is 4.00. The summed E-state index contributed by atoms with van der Waals surface area (Å²) >= 11 is 7.65. The third-order valence-corrected chi connectivity index (χ3v) is 8.81. The number of carbonyl (C=O) groups excluding carboxylic acids is 3. The van der Waals surface area contributed by atoms with Crippen LogP contribution in [0.25, 0.3) is 6.08 Å². The van der Waals surface area contributed by atoms with Crippen LogP contribution in [-0.2, 0) is 9.59 Å². The second kappa shape index (κ2) is 16.5. The van der Waals surface area contributed by atoms with Crippen LogP contribution >= 0.6 is 23.4 Å². The fourth-order valence-electron chi connectivity index (χ4n) is 4.70. The predicted octanol–water partition coefficient (Wildman–Crippen LogP) is 8.93. The number of ether oxygens (including phenoxy) is 1. The number of anilines is 2. The van der Waals surface area contributed by atoms with Crippen LogP contribution in [0.4, 0.5) is 11.4 Å². The van der Waals surface area contributed by atoms with E-state index in [1.54, 1.807) is 66.7 Å². The number of halogens is 1. The van der Waals surface area contributed by atoms with Gasteiger partial charge in [-0.2, -0.15) is 0 Å². The Bertz CT molecular complexity index is 1920. The molecule has 0 aromatic heterocycles. The van der Waals surface area contributed by atoms with Gasteiger partial charge in [0, 0.05) is 26.9 Å². The van der Waals surface area contributed by atoms with E-state index in [1.165, 1.54) is 11.8 Å². The molecule has 0 aliphatic heterocycles. The number of nitrogens with one attached hydrogen (secondary N) is 3. The highest BCUT2D eigenvalue weighted by Gasteiger charge is 2.23. The van der Waals surface area contributed by atoms with E-state index in [0.29, 0.717) is 39.9 Å². The lowest BCUT2D eigenvalue weighted by atomic mass is 10.1. The Kier molecular flexibility index (Phi) is 11.7. The second-order valence-electron chi connectivity index (χ2n) is 10.7. The zero-order chi connectivity index (χ0) is 33.9. The first-order chi connectivity index (χ1) is 23.3. The minimum atomic E-state index is -0.600. The number of carbonyl (C=O) groups is 3. The molecule has 0 radical (unpaired) electrons. The van der Waals surface area contributed by atoms with Crippen LogP contribution in [0.1, 0.15) is 39.2 Å². The molecule has 0 aliphatic carbocycles. The largest absolute Gasteiger partial charge is 0.494 e. The van der Waals surface area contributed by atoms with Gasteiger partial charge in [0.1, 0.15) is 16.7 Å². The monoisotopic (exact) mass is 675 g/mol. The van der Waals surface area contributed by atoms with Crippen LogP contribution in [0, 0.1) is 6.92 Å². The first kappa shape index (κ1) is 34.0. The predicted molar refractivity (Wildman–Crippen MR) is 194 cm³/mol. The Morgan fingerprint density at radius 1 is 0.792 bits per heavy atom. The molecule has 5 rings (SSSR count). The number of hydrogen-bond donors (Lipinski definition) is 3. The average molecular weight is 676 g/mol. The standard InChI is InChI=1S/C39H34ClN3O4S/c1-3-47-32-21-18-27(19-22-32)23-35(43-37(44)29-13-8-5-9-14-29)38(45)41-30-15-10-16-33(24-30)48-36(28-11-6-4-7-12-28)39(46)42-31-20-17-26(2)34(40)25-31/h4-25,36H,3H2,1-2H3,(H,41,45)(H,42,46)(H,43,44)/b35-23+. The first-order valence-corrected chi connectivity index (χ1v) is 16.6. The first-order valence-electron chi connectivity index (χ1n) is 15.3. The Balaban J connectivity index is 1.37. The third-order valence-electron chi connectivity index (χ3n) is 7.16. The molecular weight excluding hydrogens is 642 g/mol. The molecule has 0 bridgehead atoms. The van der Waals surface area contributed by atoms with Crippen LogP contribution in [0.3, 0.4) is 0 Å². The van der Waals surface area contributed by atoms with Gasteiger partial charge in [0.2, 0.25) is 5.91 Å². The molecule has 0 spiro atoms. The molecule has 9 heteroatoms. The Morgan fingerprint density at radius 3 is 2.17 bits per heavy atom. The maximum Gasteiger partial charge on any atom is 0.272 e. The summed E-state index contributed by atoms with van der Waals surface area (Å²) in [5, 5.41) is 8.63. The molecule has 1 atom stereocenters. The molecule has 48 heavy (non-hydrogen) atoms. The van der Waals surface area contributed by atoms with Gasteiger partial charge >= 0.3 is 0 Å². The number of amides is 3. The Labute approximate surface area is 289 Å². The maximum atomic E-state index is 13.7. The number of aryl methyl sites for hydroxylation is 1. The highest BCUT2D eigenvalue weighted by Crippen LogP contribution is 2.37. The van der Waals surface area contributed by atoms with Crippen LogP contribution in [0.5, 0.6) is 5.75 Å². The molecule has 0 fully saturated rings. The van der Waals surface area contributed by atoms with E-state index in [2.05, 4.69) is 16.0 Å². The molecule has 0 saturated carbocycles. The van der Waals surface area contributed by atoms with Crippen LogP contribution in [0.2, 0.25) is 5.02 Å².